The van der Waals surface area contributed by atoms with E-state index in [0.717, 1.165) is 5.56 Å². The van der Waals surface area contributed by atoms with Crippen LogP contribution < -0.4 is 16.8 Å². The van der Waals surface area contributed by atoms with E-state index in [1.165, 1.54) is 0 Å². The molecular weight excluding hydrogens is 358 g/mol. The Hall–Kier alpha value is -2.41. The zero-order valence-corrected chi connectivity index (χ0v) is 16.7. The largest absolute Gasteiger partial charge is 0.444 e. The molecule has 5 N–H and O–H groups in total. The minimum atomic E-state index is -2.54. The molecule has 0 saturated carbocycles. The summed E-state index contributed by atoms with van der Waals surface area (Å²) < 4.78 is 37.3. The molecule has 0 aliphatic rings. The minimum Gasteiger partial charge on any atom is -0.444 e. The molecule has 0 saturated heterocycles. The van der Waals surface area contributed by atoms with Crippen molar-refractivity contribution in [3.8, 4) is 0 Å². The average molecular weight is 396 g/mol. The number of Topliss-reactive ketones (excluding diaryl/α,β-unsaturated/α-hetero) is 1. The van der Waals surface area contributed by atoms with Gasteiger partial charge in [-0.1, -0.05) is 30.3 Å². The predicted octanol–water partition coefficient (Wildman–Crippen LogP) is 2.31. The van der Waals surface area contributed by atoms with E-state index in [4.69, 9.17) is 21.7 Å². The molecule has 0 unspecified atom stereocenters. The second-order valence-corrected chi connectivity index (χ2v) is 7.48. The van der Waals surface area contributed by atoms with E-state index in [-0.39, 0.29) is 12.8 Å². The normalized spacial score (nSPS) is 16.6. The second-order valence-electron chi connectivity index (χ2n) is 7.48. The van der Waals surface area contributed by atoms with E-state index >= 15 is 0 Å². The highest BCUT2D eigenvalue weighted by atomic mass is 16.6. The summed E-state index contributed by atoms with van der Waals surface area (Å²) in [7, 11) is 0. The molecular formula is C21H33N3O4. The highest BCUT2D eigenvalue weighted by molar-refractivity contribution is 5.89. The maximum atomic E-state index is 12.6. The molecule has 0 aliphatic carbocycles. The molecule has 2 atom stereocenters. The summed E-state index contributed by atoms with van der Waals surface area (Å²) in [5.74, 6) is -2.08. The first-order valence-electron chi connectivity index (χ1n) is 11.1. The van der Waals surface area contributed by atoms with E-state index in [2.05, 4.69) is 5.32 Å². The first kappa shape index (κ1) is 17.7. The summed E-state index contributed by atoms with van der Waals surface area (Å²) in [4.78, 5) is 36.1. The van der Waals surface area contributed by atoms with Crippen LogP contribution in [-0.2, 0) is 20.7 Å². The van der Waals surface area contributed by atoms with Crippen LogP contribution >= 0.6 is 0 Å². The molecule has 0 spiro atoms. The highest BCUT2D eigenvalue weighted by Crippen LogP contribution is 2.14. The summed E-state index contributed by atoms with van der Waals surface area (Å²) >= 11 is 0. The number of hydrogen-bond acceptors (Lipinski definition) is 5. The average Bonchev–Trinajstić information content (AvgIpc) is 2.64. The number of carbonyl (C=O) groups is 3. The summed E-state index contributed by atoms with van der Waals surface area (Å²) in [6, 6.07) is 7.65. The van der Waals surface area contributed by atoms with Crippen molar-refractivity contribution in [1.29, 1.82) is 0 Å². The Morgan fingerprint density at radius 1 is 1.18 bits per heavy atom. The van der Waals surface area contributed by atoms with Gasteiger partial charge in [-0.2, -0.15) is 0 Å². The third-order valence-electron chi connectivity index (χ3n) is 3.76. The molecule has 0 bridgehead atoms. The van der Waals surface area contributed by atoms with Gasteiger partial charge in [0.2, 0.25) is 5.91 Å². The Morgan fingerprint density at radius 2 is 1.82 bits per heavy atom. The molecule has 0 aromatic heterocycles. The van der Waals surface area contributed by atoms with Crippen LogP contribution in [0, 0.1) is 5.92 Å². The topological polar surface area (TPSA) is 125 Å². The number of rotatable bonds is 11. The molecule has 1 rings (SSSR count). The van der Waals surface area contributed by atoms with Gasteiger partial charge in [0, 0.05) is 24.4 Å². The van der Waals surface area contributed by atoms with Crippen LogP contribution in [0.15, 0.2) is 30.3 Å². The van der Waals surface area contributed by atoms with Gasteiger partial charge in [0.25, 0.3) is 0 Å². The van der Waals surface area contributed by atoms with Crippen LogP contribution in [0.4, 0.5) is 4.79 Å². The number of ketones is 1. The first-order valence-corrected chi connectivity index (χ1v) is 9.12. The Balaban J connectivity index is 2.73. The summed E-state index contributed by atoms with van der Waals surface area (Å²) in [6.45, 7) is 4.25. The lowest BCUT2D eigenvalue weighted by atomic mass is 9.90. The fourth-order valence-electron chi connectivity index (χ4n) is 2.36. The molecule has 7 nitrogen and oxygen atoms in total. The number of nitrogens with two attached hydrogens (primary N) is 2. The van der Waals surface area contributed by atoms with Gasteiger partial charge in [-0.05, 0) is 51.9 Å². The number of amides is 2. The van der Waals surface area contributed by atoms with Crippen molar-refractivity contribution in [3.05, 3.63) is 35.9 Å². The van der Waals surface area contributed by atoms with Crippen molar-refractivity contribution < 1.29 is 24.6 Å². The quantitative estimate of drug-likeness (QED) is 0.530. The Labute approximate surface area is 172 Å². The Bertz CT molecular complexity index is 798. The molecule has 0 aliphatic heterocycles. The molecule has 0 fully saturated rings. The number of alkyl carbamates (subject to hydrolysis) is 1. The highest BCUT2D eigenvalue weighted by Gasteiger charge is 2.23. The van der Waals surface area contributed by atoms with E-state index < -0.39 is 61.1 Å². The standard InChI is InChI=1S/C21H33N3O4/c1-21(2,3)28-20(27)24-12-8-7-11-17(22)18(25)14-16(19(23)26)13-15-9-5-4-6-10-15/h4-6,9-10,16-17H,7-8,11-14,22H2,1-3H3,(H2,23,26)(H,24,27)/t16-,17+/m1/s1/i7D2,8D2. The molecule has 7 heteroatoms. The number of primary amides is 1. The van der Waals surface area contributed by atoms with Gasteiger partial charge in [0.05, 0.1) is 6.04 Å². The van der Waals surface area contributed by atoms with Crippen molar-refractivity contribution >= 4 is 17.8 Å². The van der Waals surface area contributed by atoms with Gasteiger partial charge >= 0.3 is 6.09 Å². The van der Waals surface area contributed by atoms with Gasteiger partial charge in [-0.15, -0.1) is 0 Å². The number of nitrogens with one attached hydrogen (secondary N) is 1. The molecule has 156 valence electrons. The van der Waals surface area contributed by atoms with E-state index in [9.17, 15) is 14.4 Å². The van der Waals surface area contributed by atoms with Crippen molar-refractivity contribution in [2.75, 3.05) is 6.54 Å². The summed E-state index contributed by atoms with van der Waals surface area (Å²) in [6.07, 6.45) is -6.63. The second kappa shape index (κ2) is 11.4. The Kier molecular flexibility index (Phi) is 7.22. The van der Waals surface area contributed by atoms with Crippen LogP contribution in [0.5, 0.6) is 0 Å². The fraction of sp³-hybridized carbons (Fsp3) is 0.571. The first-order chi connectivity index (χ1) is 14.5. The molecule has 1 aromatic carbocycles. The van der Waals surface area contributed by atoms with Gasteiger partial charge in [0.15, 0.2) is 0 Å². The fourth-order valence-corrected chi connectivity index (χ4v) is 2.36. The number of ether oxygens (including phenoxy) is 1. The smallest absolute Gasteiger partial charge is 0.407 e. The number of hydrogen-bond donors (Lipinski definition) is 3. The third kappa shape index (κ3) is 10.1. The van der Waals surface area contributed by atoms with Gasteiger partial charge < -0.3 is 21.5 Å². The SMILES string of the molecule is [2H]C([2H])(CNC(=O)OC(C)(C)C)C([2H])([2H])C[C@H](N)C(=O)C[C@@H](Cc1ccccc1)C(N)=O. The molecule has 1 aromatic rings. The molecule has 2 amide bonds. The number of benzene rings is 1. The zero-order chi connectivity index (χ0) is 24.7. The minimum absolute atomic E-state index is 0.238. The van der Waals surface area contributed by atoms with Gasteiger partial charge in [-0.3, -0.25) is 9.59 Å². The lowest BCUT2D eigenvalue weighted by molar-refractivity contribution is -0.128. The van der Waals surface area contributed by atoms with Crippen molar-refractivity contribution in [2.45, 2.75) is 64.4 Å². The lowest BCUT2D eigenvalue weighted by Gasteiger charge is -2.19. The maximum absolute atomic E-state index is 12.6. The van der Waals surface area contributed by atoms with Crippen LogP contribution in [0.2, 0.25) is 0 Å². The third-order valence-corrected chi connectivity index (χ3v) is 3.76. The van der Waals surface area contributed by atoms with Crippen LogP contribution in [0.25, 0.3) is 0 Å². The van der Waals surface area contributed by atoms with Crippen LogP contribution in [0.3, 0.4) is 0 Å². The molecule has 0 heterocycles. The predicted molar refractivity (Wildman–Crippen MR) is 109 cm³/mol. The van der Waals surface area contributed by atoms with Crippen LogP contribution in [0.1, 0.15) is 57.4 Å². The zero-order valence-electron chi connectivity index (χ0n) is 20.7. The molecule has 28 heavy (non-hydrogen) atoms. The summed E-state index contributed by atoms with van der Waals surface area (Å²) in [5.41, 5.74) is 11.3. The monoisotopic (exact) mass is 395 g/mol. The lowest BCUT2D eigenvalue weighted by Crippen LogP contribution is -2.36. The maximum Gasteiger partial charge on any atom is 0.407 e. The van der Waals surface area contributed by atoms with Crippen LogP contribution in [-0.4, -0.2) is 36.0 Å². The Morgan fingerprint density at radius 3 is 2.39 bits per heavy atom. The van der Waals surface area contributed by atoms with Crippen molar-refractivity contribution in [3.63, 3.8) is 0 Å². The van der Waals surface area contributed by atoms with Crippen molar-refractivity contribution in [2.24, 2.45) is 17.4 Å². The summed E-state index contributed by atoms with van der Waals surface area (Å²) in [5, 5.41) is 2.20. The van der Waals surface area contributed by atoms with Gasteiger partial charge in [0.1, 0.15) is 11.4 Å². The molecule has 0 radical (unpaired) electrons. The van der Waals surface area contributed by atoms with E-state index in [1.807, 2.05) is 6.07 Å². The van der Waals surface area contributed by atoms with E-state index in [1.54, 1.807) is 45.0 Å². The number of carbonyl (C=O) groups excluding carboxylic acids is 3. The van der Waals surface area contributed by atoms with Crippen molar-refractivity contribution in [1.82, 2.24) is 5.32 Å². The van der Waals surface area contributed by atoms with Gasteiger partial charge in [-0.25, -0.2) is 4.79 Å². The van der Waals surface area contributed by atoms with E-state index in [0.29, 0.717) is 0 Å².